The highest BCUT2D eigenvalue weighted by Gasteiger charge is 2.33. The van der Waals surface area contributed by atoms with Gasteiger partial charge < -0.3 is 16.0 Å². The molecule has 1 fully saturated rings. The van der Waals surface area contributed by atoms with Crippen LogP contribution in [-0.4, -0.2) is 47.9 Å². The molecule has 1 aliphatic rings. The van der Waals surface area contributed by atoms with Crippen LogP contribution in [0.4, 0.5) is 0 Å². The van der Waals surface area contributed by atoms with Crippen LogP contribution in [0.25, 0.3) is 0 Å². The lowest BCUT2D eigenvalue weighted by molar-refractivity contribution is -0.137. The van der Waals surface area contributed by atoms with Crippen LogP contribution < -0.4 is 15.8 Å². The first kappa shape index (κ1) is 17.8. The number of carbonyl (C=O) groups excluding carboxylic acids is 2. The van der Waals surface area contributed by atoms with Crippen LogP contribution in [0, 0.1) is 5.41 Å². The third-order valence-corrected chi connectivity index (χ3v) is 5.16. The van der Waals surface area contributed by atoms with E-state index in [4.69, 9.17) is 11.1 Å². The standard InChI is InChI=1S/C14H21N5O2S2/c1-22-18-8-12(20)19-6-2-3-10(19)14(21)17-7-9-4-5-11(23-9)13(15)16/h4-5,10,18H,2-3,6-8H2,1H3,(H3,15,16)(H,17,21). The number of thiophene rings is 1. The minimum Gasteiger partial charge on any atom is -0.383 e. The lowest BCUT2D eigenvalue weighted by atomic mass is 10.2. The predicted octanol–water partition coefficient (Wildman–Crippen LogP) is 0.507. The summed E-state index contributed by atoms with van der Waals surface area (Å²) in [5.74, 6) is -0.147. The number of nitrogens with two attached hydrogens (primary N) is 1. The zero-order valence-electron chi connectivity index (χ0n) is 12.9. The molecule has 1 aromatic heterocycles. The van der Waals surface area contributed by atoms with Crippen molar-refractivity contribution in [1.82, 2.24) is 14.9 Å². The second kappa shape index (κ2) is 8.32. The van der Waals surface area contributed by atoms with Crippen molar-refractivity contribution in [3.8, 4) is 0 Å². The van der Waals surface area contributed by atoms with Gasteiger partial charge >= 0.3 is 0 Å². The summed E-state index contributed by atoms with van der Waals surface area (Å²) in [7, 11) is 0. The van der Waals surface area contributed by atoms with E-state index in [1.54, 1.807) is 11.0 Å². The second-order valence-corrected chi connectivity index (χ2v) is 7.03. The van der Waals surface area contributed by atoms with Gasteiger partial charge in [-0.1, -0.05) is 11.9 Å². The van der Waals surface area contributed by atoms with E-state index in [9.17, 15) is 9.59 Å². The van der Waals surface area contributed by atoms with Gasteiger partial charge in [-0.15, -0.1) is 11.3 Å². The van der Waals surface area contributed by atoms with Crippen LogP contribution in [0.2, 0.25) is 0 Å². The zero-order valence-corrected chi connectivity index (χ0v) is 14.6. The molecule has 1 atom stereocenters. The van der Waals surface area contributed by atoms with Crippen molar-refractivity contribution in [2.45, 2.75) is 25.4 Å². The van der Waals surface area contributed by atoms with E-state index in [0.717, 1.165) is 11.3 Å². The van der Waals surface area contributed by atoms with E-state index in [1.807, 2.05) is 12.3 Å². The van der Waals surface area contributed by atoms with Crippen LogP contribution in [0.3, 0.4) is 0 Å². The van der Waals surface area contributed by atoms with E-state index in [2.05, 4.69) is 10.0 Å². The smallest absolute Gasteiger partial charge is 0.243 e. The molecule has 0 saturated carbocycles. The molecule has 1 unspecified atom stereocenters. The van der Waals surface area contributed by atoms with E-state index < -0.39 is 6.04 Å². The topological polar surface area (TPSA) is 111 Å². The molecule has 126 valence electrons. The normalized spacial score (nSPS) is 17.3. The molecule has 1 saturated heterocycles. The van der Waals surface area contributed by atoms with Gasteiger partial charge in [0.05, 0.1) is 18.0 Å². The number of nitrogens with zero attached hydrogens (tertiary/aromatic N) is 1. The lowest BCUT2D eigenvalue weighted by Gasteiger charge is -2.23. The van der Waals surface area contributed by atoms with Crippen LogP contribution in [0.1, 0.15) is 22.6 Å². The molecule has 1 aromatic rings. The fraction of sp³-hybridized carbons (Fsp3) is 0.500. The van der Waals surface area contributed by atoms with Gasteiger partial charge in [0.1, 0.15) is 11.9 Å². The molecular formula is C14H21N5O2S2. The fourth-order valence-corrected chi connectivity index (χ4v) is 3.56. The largest absolute Gasteiger partial charge is 0.383 e. The summed E-state index contributed by atoms with van der Waals surface area (Å²) in [5.41, 5.74) is 5.43. The third-order valence-electron chi connectivity index (χ3n) is 3.61. The molecule has 5 N–H and O–H groups in total. The monoisotopic (exact) mass is 355 g/mol. The number of hydrogen-bond donors (Lipinski definition) is 4. The Hall–Kier alpha value is -1.58. The summed E-state index contributed by atoms with van der Waals surface area (Å²) < 4.78 is 2.92. The summed E-state index contributed by atoms with van der Waals surface area (Å²) in [6.45, 7) is 1.25. The van der Waals surface area contributed by atoms with Gasteiger partial charge in [-0.2, -0.15) is 0 Å². The summed E-state index contributed by atoms with van der Waals surface area (Å²) in [6.07, 6.45) is 3.40. The van der Waals surface area contributed by atoms with Crippen LogP contribution in [-0.2, 0) is 16.1 Å². The number of amidine groups is 1. The predicted molar refractivity (Wildman–Crippen MR) is 93.4 cm³/mol. The van der Waals surface area contributed by atoms with Crippen molar-refractivity contribution in [2.75, 3.05) is 19.3 Å². The molecule has 2 rings (SSSR count). The summed E-state index contributed by atoms with van der Waals surface area (Å²) in [4.78, 5) is 27.7. The maximum Gasteiger partial charge on any atom is 0.243 e. The van der Waals surface area contributed by atoms with Crippen LogP contribution >= 0.6 is 23.3 Å². The number of rotatable bonds is 7. The van der Waals surface area contributed by atoms with Crippen molar-refractivity contribution in [1.29, 1.82) is 5.41 Å². The maximum atomic E-state index is 12.4. The van der Waals surface area contributed by atoms with Gasteiger partial charge in [-0.05, 0) is 31.2 Å². The number of hydrogen-bond acceptors (Lipinski definition) is 6. The molecule has 7 nitrogen and oxygen atoms in total. The van der Waals surface area contributed by atoms with Gasteiger partial charge in [-0.25, -0.2) is 0 Å². The maximum absolute atomic E-state index is 12.4. The average Bonchev–Trinajstić information content (AvgIpc) is 3.19. The second-order valence-electron chi connectivity index (χ2n) is 5.17. The Morgan fingerprint density at radius 2 is 2.30 bits per heavy atom. The highest BCUT2D eigenvalue weighted by molar-refractivity contribution is 7.96. The molecule has 1 aliphatic heterocycles. The summed E-state index contributed by atoms with van der Waals surface area (Å²) in [6, 6.07) is 3.23. The van der Waals surface area contributed by atoms with Gasteiger partial charge in [-0.3, -0.25) is 19.7 Å². The molecule has 23 heavy (non-hydrogen) atoms. The van der Waals surface area contributed by atoms with E-state index >= 15 is 0 Å². The molecule has 2 heterocycles. The lowest BCUT2D eigenvalue weighted by Crippen LogP contribution is -2.47. The molecule has 0 spiro atoms. The Labute approximate surface area is 143 Å². The van der Waals surface area contributed by atoms with Crippen molar-refractivity contribution in [2.24, 2.45) is 5.73 Å². The van der Waals surface area contributed by atoms with E-state index in [1.165, 1.54) is 23.3 Å². The summed E-state index contributed by atoms with van der Waals surface area (Å²) >= 11 is 2.77. The summed E-state index contributed by atoms with van der Waals surface area (Å²) in [5, 5.41) is 10.3. The molecule has 2 amide bonds. The van der Waals surface area contributed by atoms with Crippen molar-refractivity contribution in [3.05, 3.63) is 21.9 Å². The quantitative estimate of drug-likeness (QED) is 0.323. The van der Waals surface area contributed by atoms with Gasteiger partial charge in [0.25, 0.3) is 0 Å². The number of nitrogens with one attached hydrogen (secondary N) is 3. The third kappa shape index (κ3) is 4.69. The Bertz CT molecular complexity index is 589. The Balaban J connectivity index is 1.88. The zero-order chi connectivity index (χ0) is 16.8. The van der Waals surface area contributed by atoms with E-state index in [-0.39, 0.29) is 24.2 Å². The van der Waals surface area contributed by atoms with E-state index in [0.29, 0.717) is 24.4 Å². The van der Waals surface area contributed by atoms with Crippen LogP contribution in [0.15, 0.2) is 12.1 Å². The van der Waals surface area contributed by atoms with Crippen molar-refractivity contribution >= 4 is 40.9 Å². The Morgan fingerprint density at radius 1 is 1.52 bits per heavy atom. The highest BCUT2D eigenvalue weighted by Crippen LogP contribution is 2.19. The number of nitrogen functional groups attached to an aromatic ring is 1. The Kier molecular flexibility index (Phi) is 6.43. The molecular weight excluding hydrogens is 334 g/mol. The molecule has 0 bridgehead atoms. The number of likely N-dealkylation sites (tertiary alicyclic amines) is 1. The molecule has 0 aromatic carbocycles. The van der Waals surface area contributed by atoms with Gasteiger partial charge in [0.15, 0.2) is 0 Å². The molecule has 0 radical (unpaired) electrons. The highest BCUT2D eigenvalue weighted by atomic mass is 32.2. The van der Waals surface area contributed by atoms with Gasteiger partial charge in [0.2, 0.25) is 11.8 Å². The SMILES string of the molecule is CSNCC(=O)N1CCCC1C(=O)NCc1ccc(C(=N)N)s1. The minimum absolute atomic E-state index is 0.0291. The first-order valence-corrected chi connectivity index (χ1v) is 9.33. The molecule has 0 aliphatic carbocycles. The first-order chi connectivity index (χ1) is 11.0. The van der Waals surface area contributed by atoms with Gasteiger partial charge in [0, 0.05) is 11.4 Å². The Morgan fingerprint density at radius 3 is 2.96 bits per heavy atom. The minimum atomic E-state index is -0.390. The van der Waals surface area contributed by atoms with Crippen LogP contribution in [0.5, 0.6) is 0 Å². The fourth-order valence-electron chi connectivity index (χ4n) is 2.48. The average molecular weight is 355 g/mol. The first-order valence-electron chi connectivity index (χ1n) is 7.29. The van der Waals surface area contributed by atoms with Crippen molar-refractivity contribution in [3.63, 3.8) is 0 Å². The van der Waals surface area contributed by atoms with Crippen molar-refractivity contribution < 1.29 is 9.59 Å². The number of amides is 2. The molecule has 9 heteroatoms. The number of carbonyl (C=O) groups is 2.